The van der Waals surface area contributed by atoms with E-state index in [1.165, 1.54) is 4.68 Å². The molecule has 1 aliphatic rings. The SMILES string of the molecule is O=[N+]([O-])c1cn(C2C[CH]CCC2)nc1C(F)F. The first-order valence-electron chi connectivity index (χ1n) is 5.43. The summed E-state index contributed by atoms with van der Waals surface area (Å²) in [6.07, 6.45) is 3.77. The van der Waals surface area contributed by atoms with Crippen LogP contribution >= 0.6 is 0 Å². The van der Waals surface area contributed by atoms with E-state index in [0.29, 0.717) is 0 Å². The molecule has 1 saturated carbocycles. The first kappa shape index (κ1) is 11.9. The molecule has 1 atom stereocenters. The van der Waals surface area contributed by atoms with Gasteiger partial charge in [-0.3, -0.25) is 14.8 Å². The zero-order chi connectivity index (χ0) is 12.4. The third-order valence-corrected chi connectivity index (χ3v) is 2.90. The first-order valence-corrected chi connectivity index (χ1v) is 5.43. The summed E-state index contributed by atoms with van der Waals surface area (Å²) >= 11 is 0. The topological polar surface area (TPSA) is 61.0 Å². The van der Waals surface area contributed by atoms with Gasteiger partial charge in [0.1, 0.15) is 6.20 Å². The summed E-state index contributed by atoms with van der Waals surface area (Å²) in [6.45, 7) is 0. The monoisotopic (exact) mass is 244 g/mol. The third-order valence-electron chi connectivity index (χ3n) is 2.90. The van der Waals surface area contributed by atoms with E-state index in [9.17, 15) is 18.9 Å². The minimum absolute atomic E-state index is 0.0325. The van der Waals surface area contributed by atoms with Gasteiger partial charge in [0, 0.05) is 0 Å². The smallest absolute Gasteiger partial charge is 0.262 e. The van der Waals surface area contributed by atoms with Gasteiger partial charge in [-0.2, -0.15) is 5.10 Å². The van der Waals surface area contributed by atoms with Crippen LogP contribution in [-0.4, -0.2) is 14.7 Å². The van der Waals surface area contributed by atoms with Crippen molar-refractivity contribution in [2.45, 2.75) is 38.2 Å². The maximum absolute atomic E-state index is 12.6. The number of nitro groups is 1. The van der Waals surface area contributed by atoms with Gasteiger partial charge in [0.15, 0.2) is 0 Å². The van der Waals surface area contributed by atoms with Crippen molar-refractivity contribution < 1.29 is 13.7 Å². The molecule has 1 heterocycles. The zero-order valence-corrected chi connectivity index (χ0v) is 9.05. The zero-order valence-electron chi connectivity index (χ0n) is 9.05. The fraction of sp³-hybridized carbons (Fsp3) is 0.600. The Morgan fingerprint density at radius 1 is 1.59 bits per heavy atom. The quantitative estimate of drug-likeness (QED) is 0.606. The molecule has 0 saturated heterocycles. The number of hydrogen-bond acceptors (Lipinski definition) is 3. The van der Waals surface area contributed by atoms with Crippen LogP contribution in [0.3, 0.4) is 0 Å². The number of rotatable bonds is 3. The Balaban J connectivity index is 2.29. The summed E-state index contributed by atoms with van der Waals surface area (Å²) in [5.74, 6) is 0. The molecule has 2 rings (SSSR count). The van der Waals surface area contributed by atoms with Crippen molar-refractivity contribution in [3.05, 3.63) is 28.4 Å². The highest BCUT2D eigenvalue weighted by molar-refractivity contribution is 5.33. The number of halogens is 2. The average molecular weight is 244 g/mol. The van der Waals surface area contributed by atoms with Crippen LogP contribution in [-0.2, 0) is 0 Å². The van der Waals surface area contributed by atoms with Crippen molar-refractivity contribution in [1.29, 1.82) is 0 Å². The normalized spacial score (nSPS) is 17.6. The first-order chi connectivity index (χ1) is 8.09. The molecule has 1 unspecified atom stereocenters. The minimum atomic E-state index is -2.91. The van der Waals surface area contributed by atoms with Crippen molar-refractivity contribution >= 4 is 5.69 Å². The molecule has 0 amide bonds. The molecule has 1 aliphatic carbocycles. The van der Waals surface area contributed by atoms with Crippen molar-refractivity contribution in [1.82, 2.24) is 9.78 Å². The average Bonchev–Trinajstić information content (AvgIpc) is 2.75. The third kappa shape index (κ3) is 2.42. The molecule has 1 aromatic heterocycles. The predicted octanol–water partition coefficient (Wildman–Crippen LogP) is 3.05. The highest BCUT2D eigenvalue weighted by atomic mass is 19.3. The van der Waals surface area contributed by atoms with Crippen molar-refractivity contribution in [2.75, 3.05) is 0 Å². The Morgan fingerprint density at radius 2 is 2.35 bits per heavy atom. The van der Waals surface area contributed by atoms with E-state index in [-0.39, 0.29) is 6.04 Å². The Kier molecular flexibility index (Phi) is 3.35. The molecule has 0 aliphatic heterocycles. The molecule has 1 aromatic rings. The van der Waals surface area contributed by atoms with Crippen LogP contribution < -0.4 is 0 Å². The molecule has 17 heavy (non-hydrogen) atoms. The van der Waals surface area contributed by atoms with Gasteiger partial charge in [-0.05, 0) is 19.3 Å². The van der Waals surface area contributed by atoms with Crippen LogP contribution in [0.5, 0.6) is 0 Å². The summed E-state index contributed by atoms with van der Waals surface area (Å²) in [7, 11) is 0. The summed E-state index contributed by atoms with van der Waals surface area (Å²) in [6, 6.07) is -0.0325. The lowest BCUT2D eigenvalue weighted by Crippen LogP contribution is -2.13. The Bertz CT molecular complexity index is 414. The van der Waals surface area contributed by atoms with E-state index >= 15 is 0 Å². The number of alkyl halides is 2. The Morgan fingerprint density at radius 3 is 2.82 bits per heavy atom. The van der Waals surface area contributed by atoms with Crippen LogP contribution in [0, 0.1) is 16.5 Å². The van der Waals surface area contributed by atoms with E-state index in [0.717, 1.165) is 31.9 Å². The fourth-order valence-corrected chi connectivity index (χ4v) is 2.05. The highest BCUT2D eigenvalue weighted by Gasteiger charge is 2.29. The van der Waals surface area contributed by atoms with Gasteiger partial charge < -0.3 is 0 Å². The second-order valence-electron chi connectivity index (χ2n) is 4.05. The summed E-state index contributed by atoms with van der Waals surface area (Å²) in [5, 5.41) is 14.3. The van der Waals surface area contributed by atoms with E-state index in [4.69, 9.17) is 0 Å². The van der Waals surface area contributed by atoms with Gasteiger partial charge in [-0.1, -0.05) is 12.8 Å². The van der Waals surface area contributed by atoms with Crippen LogP contribution in [0.2, 0.25) is 0 Å². The standard InChI is InChI=1S/C10H12F2N3O2/c11-10(12)9-8(15(16)17)6-14(13-9)7-4-2-1-3-5-7/h2,6-7,10H,1,3-5H2. The van der Waals surface area contributed by atoms with E-state index in [2.05, 4.69) is 11.5 Å². The predicted molar refractivity (Wildman–Crippen MR) is 55.6 cm³/mol. The van der Waals surface area contributed by atoms with Crippen LogP contribution in [0.15, 0.2) is 6.20 Å². The molecule has 5 nitrogen and oxygen atoms in total. The van der Waals surface area contributed by atoms with Crippen molar-refractivity contribution in [2.24, 2.45) is 0 Å². The van der Waals surface area contributed by atoms with Gasteiger partial charge >= 0.3 is 5.69 Å². The Labute approximate surface area is 96.6 Å². The molecule has 0 bridgehead atoms. The summed E-state index contributed by atoms with van der Waals surface area (Å²) in [4.78, 5) is 9.83. The lowest BCUT2D eigenvalue weighted by Gasteiger charge is -2.21. The van der Waals surface area contributed by atoms with Crippen molar-refractivity contribution in [3.8, 4) is 0 Å². The van der Waals surface area contributed by atoms with Crippen molar-refractivity contribution in [3.63, 3.8) is 0 Å². The molecule has 0 N–H and O–H groups in total. The summed E-state index contributed by atoms with van der Waals surface area (Å²) < 4.78 is 26.5. The number of aromatic nitrogens is 2. The highest BCUT2D eigenvalue weighted by Crippen LogP contribution is 2.32. The minimum Gasteiger partial charge on any atom is -0.262 e. The van der Waals surface area contributed by atoms with E-state index < -0.39 is 22.7 Å². The van der Waals surface area contributed by atoms with Crippen LogP contribution in [0.25, 0.3) is 0 Å². The molecule has 7 heteroatoms. The van der Waals surface area contributed by atoms with Gasteiger partial charge in [-0.15, -0.1) is 0 Å². The van der Waals surface area contributed by atoms with Gasteiger partial charge in [0.25, 0.3) is 6.43 Å². The van der Waals surface area contributed by atoms with Gasteiger partial charge in [-0.25, -0.2) is 8.78 Å². The molecule has 1 fully saturated rings. The van der Waals surface area contributed by atoms with Gasteiger partial charge in [0.05, 0.1) is 11.0 Å². The van der Waals surface area contributed by atoms with Gasteiger partial charge in [0.2, 0.25) is 5.69 Å². The Hall–Kier alpha value is -1.53. The largest absolute Gasteiger partial charge is 0.316 e. The molecule has 93 valence electrons. The van der Waals surface area contributed by atoms with Crippen LogP contribution in [0.1, 0.15) is 43.8 Å². The molecule has 0 spiro atoms. The molecular weight excluding hydrogens is 232 g/mol. The maximum Gasteiger partial charge on any atom is 0.316 e. The van der Waals surface area contributed by atoms with Crippen LogP contribution in [0.4, 0.5) is 14.5 Å². The van der Waals surface area contributed by atoms with E-state index in [1.54, 1.807) is 0 Å². The fourth-order valence-electron chi connectivity index (χ4n) is 2.05. The number of hydrogen-bond donors (Lipinski definition) is 0. The lowest BCUT2D eigenvalue weighted by atomic mass is 9.96. The molecule has 1 radical (unpaired) electrons. The molecule has 0 aromatic carbocycles. The van der Waals surface area contributed by atoms with E-state index in [1.807, 2.05) is 0 Å². The molecular formula is C10H12F2N3O2. The maximum atomic E-state index is 12.6. The second kappa shape index (κ2) is 4.77. The lowest BCUT2D eigenvalue weighted by molar-refractivity contribution is -0.386. The number of nitrogens with zero attached hydrogens (tertiary/aromatic N) is 3. The second-order valence-corrected chi connectivity index (χ2v) is 4.05. The summed E-state index contributed by atoms with van der Waals surface area (Å²) in [5.41, 5.74) is -1.33.